The van der Waals surface area contributed by atoms with Crippen LogP contribution in [0.3, 0.4) is 0 Å². The number of aromatic nitrogens is 3. The zero-order valence-corrected chi connectivity index (χ0v) is 19.5. The second-order valence-corrected chi connectivity index (χ2v) is 9.06. The number of carbonyl (C=O) groups excluding carboxylic acids is 1. The van der Waals surface area contributed by atoms with Crippen LogP contribution < -0.4 is 10.9 Å². The van der Waals surface area contributed by atoms with Crippen molar-refractivity contribution >= 4 is 27.7 Å². The molecule has 1 aliphatic carbocycles. The van der Waals surface area contributed by atoms with Gasteiger partial charge < -0.3 is 14.8 Å². The summed E-state index contributed by atoms with van der Waals surface area (Å²) in [5.41, 5.74) is 1.26. The second-order valence-electron chi connectivity index (χ2n) is 9.06. The molecule has 0 saturated heterocycles. The van der Waals surface area contributed by atoms with E-state index in [-0.39, 0.29) is 11.5 Å². The van der Waals surface area contributed by atoms with E-state index in [0.29, 0.717) is 24.5 Å². The fourth-order valence-corrected chi connectivity index (χ4v) is 5.16. The Kier molecular flexibility index (Phi) is 6.94. The Hall–Kier alpha value is -2.67. The summed E-state index contributed by atoms with van der Waals surface area (Å²) in [4.78, 5) is 28.7. The minimum atomic E-state index is -0.441. The van der Waals surface area contributed by atoms with E-state index >= 15 is 0 Å². The van der Waals surface area contributed by atoms with Crippen molar-refractivity contribution in [1.82, 2.24) is 24.6 Å². The van der Waals surface area contributed by atoms with Gasteiger partial charge in [0.2, 0.25) is 5.91 Å². The van der Waals surface area contributed by atoms with Gasteiger partial charge in [0, 0.05) is 30.4 Å². The molecule has 0 bridgehead atoms. The van der Waals surface area contributed by atoms with Gasteiger partial charge in [0.25, 0.3) is 5.56 Å². The van der Waals surface area contributed by atoms with Crippen LogP contribution in [0.25, 0.3) is 21.8 Å². The quantitative estimate of drug-likeness (QED) is 0.547. The fourth-order valence-electron chi connectivity index (χ4n) is 5.16. The molecule has 2 heterocycles. The zero-order chi connectivity index (χ0) is 22.7. The number of amides is 1. The molecular formula is C25H35N5O2. The summed E-state index contributed by atoms with van der Waals surface area (Å²) in [5.74, 6) is -0.0330. The van der Waals surface area contributed by atoms with Gasteiger partial charge in [-0.3, -0.25) is 9.59 Å². The van der Waals surface area contributed by atoms with Gasteiger partial charge in [-0.15, -0.1) is 0 Å². The number of nitrogens with one attached hydrogen (secondary N) is 1. The number of rotatable bonds is 8. The van der Waals surface area contributed by atoms with Crippen LogP contribution in [0.2, 0.25) is 0 Å². The molecule has 3 aromatic rings. The molecule has 1 saturated carbocycles. The number of nitrogens with zero attached hydrogens (tertiary/aromatic N) is 4. The third-order valence-electron chi connectivity index (χ3n) is 6.99. The van der Waals surface area contributed by atoms with Crippen LogP contribution in [-0.2, 0) is 11.8 Å². The molecule has 4 rings (SSSR count). The molecule has 0 spiro atoms. The molecule has 0 aliphatic heterocycles. The molecule has 1 aromatic carbocycles. The Morgan fingerprint density at radius 1 is 1.22 bits per heavy atom. The standard InChI is InChI=1S/C25H35N5O2/c1-4-21(24(31)26-15-10-16-28(2)18-11-6-5-7-12-18)30-22-14-9-8-13-19(22)20-17-27-29(3)25(32)23(20)30/h8-9,13-14,17-18,21H,4-7,10-12,15-16H2,1-3H3,(H,26,31). The first-order valence-electron chi connectivity index (χ1n) is 12.0. The van der Waals surface area contributed by atoms with E-state index < -0.39 is 6.04 Å². The predicted octanol–water partition coefficient (Wildman–Crippen LogP) is 3.61. The monoisotopic (exact) mass is 437 g/mol. The Morgan fingerprint density at radius 3 is 2.72 bits per heavy atom. The second kappa shape index (κ2) is 9.86. The molecule has 1 aliphatic rings. The Morgan fingerprint density at radius 2 is 1.97 bits per heavy atom. The number of carbonyl (C=O) groups is 1. The van der Waals surface area contributed by atoms with Crippen molar-refractivity contribution in [2.24, 2.45) is 7.05 Å². The molecule has 1 unspecified atom stereocenters. The number of benzene rings is 1. The van der Waals surface area contributed by atoms with Crippen molar-refractivity contribution in [2.45, 2.75) is 64.0 Å². The lowest BCUT2D eigenvalue weighted by atomic mass is 9.94. The van der Waals surface area contributed by atoms with E-state index in [0.717, 1.165) is 29.3 Å². The lowest BCUT2D eigenvalue weighted by molar-refractivity contribution is -0.124. The van der Waals surface area contributed by atoms with Gasteiger partial charge in [0.15, 0.2) is 0 Å². The average Bonchev–Trinajstić information content (AvgIpc) is 3.15. The number of para-hydroxylation sites is 1. The van der Waals surface area contributed by atoms with Crippen LogP contribution in [0.15, 0.2) is 35.3 Å². The molecule has 32 heavy (non-hydrogen) atoms. The predicted molar refractivity (Wildman–Crippen MR) is 129 cm³/mol. The first kappa shape index (κ1) is 22.5. The highest BCUT2D eigenvalue weighted by Gasteiger charge is 2.25. The van der Waals surface area contributed by atoms with Crippen molar-refractivity contribution in [2.75, 3.05) is 20.1 Å². The van der Waals surface area contributed by atoms with Crippen molar-refractivity contribution < 1.29 is 4.79 Å². The van der Waals surface area contributed by atoms with Crippen LogP contribution in [0, 0.1) is 0 Å². The van der Waals surface area contributed by atoms with Crippen molar-refractivity contribution in [3.63, 3.8) is 0 Å². The molecule has 2 aromatic heterocycles. The van der Waals surface area contributed by atoms with Crippen molar-refractivity contribution in [1.29, 1.82) is 0 Å². The Labute approximate surface area is 189 Å². The maximum Gasteiger partial charge on any atom is 0.291 e. The average molecular weight is 438 g/mol. The number of hydrogen-bond donors (Lipinski definition) is 1. The summed E-state index contributed by atoms with van der Waals surface area (Å²) < 4.78 is 3.25. The smallest absolute Gasteiger partial charge is 0.291 e. The van der Waals surface area contributed by atoms with Gasteiger partial charge in [-0.05, 0) is 45.3 Å². The van der Waals surface area contributed by atoms with E-state index in [1.54, 1.807) is 13.2 Å². The van der Waals surface area contributed by atoms with E-state index in [4.69, 9.17) is 0 Å². The molecule has 1 atom stereocenters. The summed E-state index contributed by atoms with van der Waals surface area (Å²) >= 11 is 0. The minimum Gasteiger partial charge on any atom is -0.354 e. The normalized spacial score (nSPS) is 16.1. The topological polar surface area (TPSA) is 72.2 Å². The van der Waals surface area contributed by atoms with Crippen LogP contribution in [-0.4, -0.2) is 51.3 Å². The van der Waals surface area contributed by atoms with Gasteiger partial charge in [-0.25, -0.2) is 4.68 Å². The van der Waals surface area contributed by atoms with Gasteiger partial charge in [0.1, 0.15) is 11.6 Å². The third-order valence-corrected chi connectivity index (χ3v) is 6.99. The van der Waals surface area contributed by atoms with Gasteiger partial charge in [0.05, 0.1) is 11.7 Å². The van der Waals surface area contributed by atoms with Crippen LogP contribution >= 0.6 is 0 Å². The number of aryl methyl sites for hydroxylation is 1. The third kappa shape index (κ3) is 4.31. The maximum atomic E-state index is 13.2. The van der Waals surface area contributed by atoms with E-state index in [9.17, 15) is 9.59 Å². The first-order valence-corrected chi connectivity index (χ1v) is 12.0. The minimum absolute atomic E-state index is 0.0330. The molecule has 1 N–H and O–H groups in total. The molecule has 0 radical (unpaired) electrons. The zero-order valence-electron chi connectivity index (χ0n) is 19.5. The summed E-state index contributed by atoms with van der Waals surface area (Å²) in [6.45, 7) is 3.62. The van der Waals surface area contributed by atoms with E-state index in [1.807, 2.05) is 35.8 Å². The number of fused-ring (bicyclic) bond motifs is 3. The van der Waals surface area contributed by atoms with Crippen LogP contribution in [0.4, 0.5) is 0 Å². The summed E-state index contributed by atoms with van der Waals surface area (Å²) in [7, 11) is 3.85. The molecule has 172 valence electrons. The number of hydrogen-bond acceptors (Lipinski definition) is 4. The Bertz CT molecular complexity index is 1140. The highest BCUT2D eigenvalue weighted by Crippen LogP contribution is 2.30. The fraction of sp³-hybridized carbons (Fsp3) is 0.560. The van der Waals surface area contributed by atoms with Crippen molar-refractivity contribution in [3.05, 3.63) is 40.8 Å². The Balaban J connectivity index is 1.51. The SMILES string of the molecule is CCC(C(=O)NCCCN(C)C1CCCCC1)n1c2ccccc2c2cnn(C)c(=O)c21. The lowest BCUT2D eigenvalue weighted by Crippen LogP contribution is -2.37. The molecule has 1 amide bonds. The van der Waals surface area contributed by atoms with Crippen molar-refractivity contribution in [3.8, 4) is 0 Å². The molecule has 7 nitrogen and oxygen atoms in total. The molecular weight excluding hydrogens is 402 g/mol. The lowest BCUT2D eigenvalue weighted by Gasteiger charge is -2.31. The largest absolute Gasteiger partial charge is 0.354 e. The van der Waals surface area contributed by atoms with Crippen LogP contribution in [0.5, 0.6) is 0 Å². The van der Waals surface area contributed by atoms with Gasteiger partial charge in [-0.1, -0.05) is 44.4 Å². The molecule has 7 heteroatoms. The van der Waals surface area contributed by atoms with Gasteiger partial charge >= 0.3 is 0 Å². The highest BCUT2D eigenvalue weighted by atomic mass is 16.2. The summed E-state index contributed by atoms with van der Waals surface area (Å²) in [5, 5.41) is 9.08. The molecule has 1 fully saturated rings. The van der Waals surface area contributed by atoms with Gasteiger partial charge in [-0.2, -0.15) is 5.10 Å². The highest BCUT2D eigenvalue weighted by molar-refractivity contribution is 6.08. The maximum absolute atomic E-state index is 13.2. The van der Waals surface area contributed by atoms with Crippen LogP contribution in [0.1, 0.15) is 57.9 Å². The summed E-state index contributed by atoms with van der Waals surface area (Å²) in [6.07, 6.45) is 9.86. The van der Waals surface area contributed by atoms with E-state index in [2.05, 4.69) is 22.4 Å². The first-order chi connectivity index (χ1) is 15.5. The summed E-state index contributed by atoms with van der Waals surface area (Å²) in [6, 6.07) is 8.11. The van der Waals surface area contributed by atoms with E-state index in [1.165, 1.54) is 36.8 Å².